The topological polar surface area (TPSA) is 20.2 Å². The molecule has 1 atom stereocenters. The fraction of sp³-hybridized carbons (Fsp3) is 0.538. The molecule has 0 saturated heterocycles. The van der Waals surface area contributed by atoms with Crippen molar-refractivity contribution in [1.29, 1.82) is 0 Å². The molecule has 0 heterocycles. The number of benzene rings is 1. The highest BCUT2D eigenvalue weighted by Crippen LogP contribution is 2.27. The minimum Gasteiger partial charge on any atom is -0.388 e. The zero-order chi connectivity index (χ0) is 11.5. The van der Waals surface area contributed by atoms with Crippen LogP contribution in [0.4, 0.5) is 4.39 Å². The van der Waals surface area contributed by atoms with E-state index in [1.54, 1.807) is 12.1 Å². The van der Waals surface area contributed by atoms with Gasteiger partial charge in [0, 0.05) is 0 Å². The zero-order valence-corrected chi connectivity index (χ0v) is 9.63. The second kappa shape index (κ2) is 4.75. The number of hydrogen-bond acceptors (Lipinski definition) is 1. The number of halogens is 1. The molecule has 1 N–H and O–H groups in total. The van der Waals surface area contributed by atoms with Gasteiger partial charge in [0.15, 0.2) is 0 Å². The molecule has 0 aliphatic carbocycles. The van der Waals surface area contributed by atoms with E-state index in [9.17, 15) is 9.50 Å². The van der Waals surface area contributed by atoms with Gasteiger partial charge in [0.05, 0.1) is 6.10 Å². The maximum absolute atomic E-state index is 12.9. The number of rotatable bonds is 3. The van der Waals surface area contributed by atoms with E-state index in [-0.39, 0.29) is 11.2 Å². The molecule has 1 unspecified atom stereocenters. The summed E-state index contributed by atoms with van der Waals surface area (Å²) < 4.78 is 12.9. The maximum Gasteiger partial charge on any atom is 0.123 e. The summed E-state index contributed by atoms with van der Waals surface area (Å²) in [5, 5.41) is 9.84. The van der Waals surface area contributed by atoms with Crippen LogP contribution in [0.3, 0.4) is 0 Å². The van der Waals surface area contributed by atoms with Crippen LogP contribution in [-0.2, 0) is 0 Å². The Bertz CT molecular complexity index is 315. The van der Waals surface area contributed by atoms with E-state index >= 15 is 0 Å². The van der Waals surface area contributed by atoms with E-state index in [4.69, 9.17) is 0 Å². The maximum atomic E-state index is 12.9. The Balaban J connectivity index is 2.58. The van der Waals surface area contributed by atoms with Gasteiger partial charge in [-0.25, -0.2) is 4.39 Å². The van der Waals surface area contributed by atoms with E-state index in [1.165, 1.54) is 12.1 Å². The van der Waals surface area contributed by atoms with E-state index in [0.717, 1.165) is 6.42 Å². The Morgan fingerprint density at radius 3 is 2.53 bits per heavy atom. The predicted molar refractivity (Wildman–Crippen MR) is 60.0 cm³/mol. The van der Waals surface area contributed by atoms with Crippen molar-refractivity contribution in [2.75, 3.05) is 0 Å². The normalized spacial score (nSPS) is 13.9. The van der Waals surface area contributed by atoms with Crippen LogP contribution in [0, 0.1) is 11.2 Å². The molecule has 84 valence electrons. The van der Waals surface area contributed by atoms with Crippen LogP contribution in [0.15, 0.2) is 24.3 Å². The van der Waals surface area contributed by atoms with Gasteiger partial charge in [0.25, 0.3) is 0 Å². The van der Waals surface area contributed by atoms with Crippen molar-refractivity contribution in [3.63, 3.8) is 0 Å². The molecule has 0 aromatic heterocycles. The second-order valence-corrected chi connectivity index (χ2v) is 5.17. The first-order valence-corrected chi connectivity index (χ1v) is 5.32. The second-order valence-electron chi connectivity index (χ2n) is 5.17. The SMILES string of the molecule is CC(C)(C)CCC(O)c1cccc(F)c1. The summed E-state index contributed by atoms with van der Waals surface area (Å²) >= 11 is 0. The van der Waals surface area contributed by atoms with Crippen molar-refractivity contribution in [2.24, 2.45) is 5.41 Å². The highest BCUT2D eigenvalue weighted by molar-refractivity contribution is 5.18. The van der Waals surface area contributed by atoms with Crippen LogP contribution in [0.5, 0.6) is 0 Å². The Morgan fingerprint density at radius 2 is 2.00 bits per heavy atom. The first-order valence-electron chi connectivity index (χ1n) is 5.32. The molecule has 0 aliphatic heterocycles. The quantitative estimate of drug-likeness (QED) is 0.806. The molecule has 0 spiro atoms. The third kappa shape index (κ3) is 4.43. The standard InChI is InChI=1S/C13H19FO/c1-13(2,3)8-7-12(15)10-5-4-6-11(14)9-10/h4-6,9,12,15H,7-8H2,1-3H3. The van der Waals surface area contributed by atoms with Gasteiger partial charge in [0.2, 0.25) is 0 Å². The summed E-state index contributed by atoms with van der Waals surface area (Å²) in [6.45, 7) is 6.39. The van der Waals surface area contributed by atoms with Crippen molar-refractivity contribution in [1.82, 2.24) is 0 Å². The summed E-state index contributed by atoms with van der Waals surface area (Å²) in [7, 11) is 0. The molecule has 0 amide bonds. The van der Waals surface area contributed by atoms with Gasteiger partial charge in [0.1, 0.15) is 5.82 Å². The third-order valence-electron chi connectivity index (χ3n) is 2.40. The Kier molecular flexibility index (Phi) is 3.86. The molecule has 0 saturated carbocycles. The van der Waals surface area contributed by atoms with Crippen molar-refractivity contribution >= 4 is 0 Å². The lowest BCUT2D eigenvalue weighted by atomic mass is 9.88. The van der Waals surface area contributed by atoms with Gasteiger partial charge in [-0.2, -0.15) is 0 Å². The van der Waals surface area contributed by atoms with Crippen LogP contribution in [-0.4, -0.2) is 5.11 Å². The van der Waals surface area contributed by atoms with Gasteiger partial charge in [-0.3, -0.25) is 0 Å². The number of hydrogen-bond donors (Lipinski definition) is 1. The lowest BCUT2D eigenvalue weighted by molar-refractivity contribution is 0.147. The average Bonchev–Trinajstić information content (AvgIpc) is 2.13. The molecule has 1 rings (SSSR count). The molecule has 1 aromatic carbocycles. The fourth-order valence-electron chi connectivity index (χ4n) is 1.45. The predicted octanol–water partition coefficient (Wildman–Crippen LogP) is 3.69. The lowest BCUT2D eigenvalue weighted by Crippen LogP contribution is -2.08. The summed E-state index contributed by atoms with van der Waals surface area (Å²) in [5.41, 5.74) is 0.869. The van der Waals surface area contributed by atoms with E-state index in [1.807, 2.05) is 0 Å². The molecule has 15 heavy (non-hydrogen) atoms. The molecule has 0 aliphatic rings. The molecule has 0 radical (unpaired) electrons. The molecule has 0 bridgehead atoms. The van der Waals surface area contributed by atoms with E-state index in [0.29, 0.717) is 12.0 Å². The Hall–Kier alpha value is -0.890. The Labute approximate surface area is 90.9 Å². The summed E-state index contributed by atoms with van der Waals surface area (Å²) in [6, 6.07) is 6.18. The van der Waals surface area contributed by atoms with Crippen LogP contribution in [0.2, 0.25) is 0 Å². The summed E-state index contributed by atoms with van der Waals surface area (Å²) in [4.78, 5) is 0. The first kappa shape index (κ1) is 12.2. The monoisotopic (exact) mass is 210 g/mol. The van der Waals surface area contributed by atoms with Gasteiger partial charge >= 0.3 is 0 Å². The molecule has 1 nitrogen and oxygen atoms in total. The van der Waals surface area contributed by atoms with Crippen LogP contribution in [0.1, 0.15) is 45.3 Å². The molecule has 0 fully saturated rings. The number of aliphatic hydroxyl groups is 1. The highest BCUT2D eigenvalue weighted by Gasteiger charge is 2.14. The van der Waals surface area contributed by atoms with Gasteiger partial charge in [-0.05, 0) is 36.0 Å². The van der Waals surface area contributed by atoms with Crippen molar-refractivity contribution in [3.8, 4) is 0 Å². The van der Waals surface area contributed by atoms with Crippen LogP contribution < -0.4 is 0 Å². The highest BCUT2D eigenvalue weighted by atomic mass is 19.1. The van der Waals surface area contributed by atoms with Gasteiger partial charge in [-0.1, -0.05) is 32.9 Å². The molecular formula is C13H19FO. The largest absolute Gasteiger partial charge is 0.388 e. The average molecular weight is 210 g/mol. The smallest absolute Gasteiger partial charge is 0.123 e. The van der Waals surface area contributed by atoms with Crippen molar-refractivity contribution in [2.45, 2.75) is 39.7 Å². The van der Waals surface area contributed by atoms with Gasteiger partial charge in [-0.15, -0.1) is 0 Å². The number of aliphatic hydroxyl groups excluding tert-OH is 1. The van der Waals surface area contributed by atoms with Crippen molar-refractivity contribution in [3.05, 3.63) is 35.6 Å². The minimum atomic E-state index is -0.556. The first-order chi connectivity index (χ1) is 6.88. The minimum absolute atomic E-state index is 0.203. The zero-order valence-electron chi connectivity index (χ0n) is 9.63. The summed E-state index contributed by atoms with van der Waals surface area (Å²) in [5.74, 6) is -0.290. The lowest BCUT2D eigenvalue weighted by Gasteiger charge is -2.20. The summed E-state index contributed by atoms with van der Waals surface area (Å²) in [6.07, 6.45) is 1.04. The van der Waals surface area contributed by atoms with Crippen LogP contribution in [0.25, 0.3) is 0 Å². The molecule has 1 aromatic rings. The van der Waals surface area contributed by atoms with Gasteiger partial charge < -0.3 is 5.11 Å². The van der Waals surface area contributed by atoms with Crippen LogP contribution >= 0.6 is 0 Å². The molecule has 2 heteroatoms. The Morgan fingerprint density at radius 1 is 1.33 bits per heavy atom. The van der Waals surface area contributed by atoms with E-state index in [2.05, 4.69) is 20.8 Å². The molecular weight excluding hydrogens is 191 g/mol. The van der Waals surface area contributed by atoms with Crippen molar-refractivity contribution < 1.29 is 9.50 Å². The third-order valence-corrected chi connectivity index (χ3v) is 2.40. The van der Waals surface area contributed by atoms with E-state index < -0.39 is 6.10 Å². The fourth-order valence-corrected chi connectivity index (χ4v) is 1.45.